The number of carbonyl (C=O) groups is 1. The van der Waals surface area contributed by atoms with Crippen molar-refractivity contribution in [1.29, 1.82) is 0 Å². The van der Waals surface area contributed by atoms with Gasteiger partial charge in [0.15, 0.2) is 0 Å². The summed E-state index contributed by atoms with van der Waals surface area (Å²) in [5.41, 5.74) is 4.15. The minimum Gasteiger partial charge on any atom is -0.353 e. The minimum absolute atomic E-state index is 0.165. The van der Waals surface area contributed by atoms with Crippen LogP contribution in [0.1, 0.15) is 31.2 Å². The number of pyridine rings is 1. The fraction of sp³-hybridized carbons (Fsp3) is 0.318. The molecule has 6 nitrogen and oxygen atoms in total. The lowest BCUT2D eigenvalue weighted by Crippen LogP contribution is -2.26. The van der Waals surface area contributed by atoms with E-state index in [0.717, 1.165) is 48.3 Å². The monoisotopic (exact) mass is 375 g/mol. The zero-order chi connectivity index (χ0) is 19.2. The van der Waals surface area contributed by atoms with Crippen molar-refractivity contribution in [3.8, 4) is 16.9 Å². The highest BCUT2D eigenvalue weighted by Crippen LogP contribution is 2.23. The Kier molecular flexibility index (Phi) is 5.77. The SMILES string of the molecule is O=C(CCCNCc1cn(-c2ccccc2)nc1-c1ccncc1)NC1CC1. The number of para-hydroxylation sites is 1. The van der Waals surface area contributed by atoms with Crippen LogP contribution in [-0.2, 0) is 11.3 Å². The first-order valence-electron chi connectivity index (χ1n) is 9.84. The van der Waals surface area contributed by atoms with Crippen molar-refractivity contribution >= 4 is 5.91 Å². The largest absolute Gasteiger partial charge is 0.353 e. The Morgan fingerprint density at radius 2 is 1.89 bits per heavy atom. The van der Waals surface area contributed by atoms with Gasteiger partial charge in [-0.15, -0.1) is 0 Å². The summed E-state index contributed by atoms with van der Waals surface area (Å²) in [6.07, 6.45) is 9.30. The Morgan fingerprint density at radius 1 is 1.11 bits per heavy atom. The molecule has 1 aromatic carbocycles. The molecule has 4 rings (SSSR count). The fourth-order valence-corrected chi connectivity index (χ4v) is 3.13. The molecule has 1 aliphatic carbocycles. The molecular weight excluding hydrogens is 350 g/mol. The number of amides is 1. The topological polar surface area (TPSA) is 71.8 Å². The van der Waals surface area contributed by atoms with Crippen molar-refractivity contribution in [3.05, 3.63) is 66.6 Å². The average Bonchev–Trinajstić information content (AvgIpc) is 3.44. The second kappa shape index (κ2) is 8.80. The highest BCUT2D eigenvalue weighted by atomic mass is 16.1. The Balaban J connectivity index is 1.40. The number of hydrogen-bond donors (Lipinski definition) is 2. The number of benzene rings is 1. The molecule has 28 heavy (non-hydrogen) atoms. The number of hydrogen-bond acceptors (Lipinski definition) is 4. The lowest BCUT2D eigenvalue weighted by Gasteiger charge is -2.06. The van der Waals surface area contributed by atoms with Gasteiger partial charge in [0.2, 0.25) is 5.91 Å². The van der Waals surface area contributed by atoms with Crippen molar-refractivity contribution in [2.45, 2.75) is 38.3 Å². The fourth-order valence-electron chi connectivity index (χ4n) is 3.13. The van der Waals surface area contributed by atoms with Crippen LogP contribution in [0.4, 0.5) is 0 Å². The molecular formula is C22H25N5O. The highest BCUT2D eigenvalue weighted by molar-refractivity contribution is 5.76. The van der Waals surface area contributed by atoms with E-state index >= 15 is 0 Å². The molecule has 1 saturated carbocycles. The van der Waals surface area contributed by atoms with Gasteiger partial charge in [0, 0.05) is 48.7 Å². The molecule has 1 fully saturated rings. The van der Waals surface area contributed by atoms with Crippen LogP contribution < -0.4 is 10.6 Å². The van der Waals surface area contributed by atoms with E-state index in [9.17, 15) is 4.79 Å². The van der Waals surface area contributed by atoms with Gasteiger partial charge in [-0.3, -0.25) is 9.78 Å². The first-order valence-corrected chi connectivity index (χ1v) is 9.84. The Morgan fingerprint density at radius 3 is 2.64 bits per heavy atom. The first kappa shape index (κ1) is 18.4. The van der Waals surface area contributed by atoms with E-state index in [2.05, 4.69) is 21.8 Å². The van der Waals surface area contributed by atoms with Crippen molar-refractivity contribution in [2.75, 3.05) is 6.54 Å². The smallest absolute Gasteiger partial charge is 0.220 e. The Labute approximate surface area is 165 Å². The van der Waals surface area contributed by atoms with Gasteiger partial charge in [0.25, 0.3) is 0 Å². The predicted octanol–water partition coefficient (Wildman–Crippen LogP) is 3.08. The molecule has 0 unspecified atom stereocenters. The molecule has 2 heterocycles. The molecule has 3 aromatic rings. The molecule has 1 aliphatic rings. The van der Waals surface area contributed by atoms with Crippen molar-refractivity contribution in [1.82, 2.24) is 25.4 Å². The lowest BCUT2D eigenvalue weighted by atomic mass is 10.1. The standard InChI is InChI=1S/C22H25N5O/c28-21(25-19-8-9-19)7-4-12-24-15-18-16-27(20-5-2-1-3-6-20)26-22(18)17-10-13-23-14-11-17/h1-3,5-6,10-11,13-14,16,19,24H,4,7-9,12,15H2,(H,25,28). The van der Waals surface area contributed by atoms with Gasteiger partial charge in [-0.05, 0) is 50.1 Å². The van der Waals surface area contributed by atoms with Crippen LogP contribution in [0.25, 0.3) is 16.9 Å². The van der Waals surface area contributed by atoms with Crippen molar-refractivity contribution in [3.63, 3.8) is 0 Å². The van der Waals surface area contributed by atoms with Crippen LogP contribution in [-0.4, -0.2) is 33.3 Å². The van der Waals surface area contributed by atoms with Crippen molar-refractivity contribution < 1.29 is 4.79 Å². The highest BCUT2D eigenvalue weighted by Gasteiger charge is 2.22. The summed E-state index contributed by atoms with van der Waals surface area (Å²) in [4.78, 5) is 15.9. The maximum atomic E-state index is 11.8. The van der Waals surface area contributed by atoms with E-state index in [0.29, 0.717) is 19.0 Å². The molecule has 0 bridgehead atoms. The summed E-state index contributed by atoms with van der Waals surface area (Å²) in [5, 5.41) is 11.3. The summed E-state index contributed by atoms with van der Waals surface area (Å²) in [7, 11) is 0. The van der Waals surface area contributed by atoms with Gasteiger partial charge in [-0.1, -0.05) is 18.2 Å². The zero-order valence-electron chi connectivity index (χ0n) is 15.8. The van der Waals surface area contributed by atoms with Crippen molar-refractivity contribution in [2.24, 2.45) is 0 Å². The van der Waals surface area contributed by atoms with Gasteiger partial charge in [0.1, 0.15) is 0 Å². The third-order valence-corrected chi connectivity index (χ3v) is 4.78. The van der Waals surface area contributed by atoms with E-state index in [4.69, 9.17) is 5.10 Å². The number of rotatable bonds is 9. The lowest BCUT2D eigenvalue weighted by molar-refractivity contribution is -0.121. The summed E-state index contributed by atoms with van der Waals surface area (Å²) >= 11 is 0. The zero-order valence-corrected chi connectivity index (χ0v) is 15.8. The molecule has 2 aromatic heterocycles. The summed E-state index contributed by atoms with van der Waals surface area (Å²) < 4.78 is 1.91. The average molecular weight is 375 g/mol. The Hall–Kier alpha value is -2.99. The molecule has 144 valence electrons. The van der Waals surface area contributed by atoms with Gasteiger partial charge >= 0.3 is 0 Å². The van der Waals surface area contributed by atoms with E-state index in [1.807, 2.05) is 47.1 Å². The third-order valence-electron chi connectivity index (χ3n) is 4.78. The summed E-state index contributed by atoms with van der Waals surface area (Å²) in [6.45, 7) is 1.50. The quantitative estimate of drug-likeness (QED) is 0.564. The van der Waals surface area contributed by atoms with Gasteiger partial charge in [-0.2, -0.15) is 5.10 Å². The number of nitrogens with one attached hydrogen (secondary N) is 2. The maximum absolute atomic E-state index is 11.8. The van der Waals surface area contributed by atoms with E-state index in [1.54, 1.807) is 12.4 Å². The molecule has 0 spiro atoms. The number of carbonyl (C=O) groups excluding carboxylic acids is 1. The van der Waals surface area contributed by atoms with Crippen LogP contribution in [0.3, 0.4) is 0 Å². The maximum Gasteiger partial charge on any atom is 0.220 e. The van der Waals surface area contributed by atoms with Gasteiger partial charge < -0.3 is 10.6 Å². The van der Waals surface area contributed by atoms with Crippen LogP contribution in [0.5, 0.6) is 0 Å². The normalized spacial score (nSPS) is 13.4. The molecule has 0 atom stereocenters. The molecule has 0 saturated heterocycles. The van der Waals surface area contributed by atoms with Gasteiger partial charge in [-0.25, -0.2) is 4.68 Å². The van der Waals surface area contributed by atoms with Crippen LogP contribution >= 0.6 is 0 Å². The molecule has 0 radical (unpaired) electrons. The number of aromatic nitrogens is 3. The van der Waals surface area contributed by atoms with Crippen LogP contribution in [0.2, 0.25) is 0 Å². The Bertz CT molecular complexity index is 903. The summed E-state index contributed by atoms with van der Waals surface area (Å²) in [6, 6.07) is 14.5. The third kappa shape index (κ3) is 4.84. The van der Waals surface area contributed by atoms with E-state index in [1.165, 1.54) is 0 Å². The second-order valence-electron chi connectivity index (χ2n) is 7.14. The van der Waals surface area contributed by atoms with Crippen LogP contribution in [0, 0.1) is 0 Å². The van der Waals surface area contributed by atoms with Crippen LogP contribution in [0.15, 0.2) is 61.1 Å². The molecule has 1 amide bonds. The van der Waals surface area contributed by atoms with Gasteiger partial charge in [0.05, 0.1) is 11.4 Å². The van der Waals surface area contributed by atoms with E-state index < -0.39 is 0 Å². The minimum atomic E-state index is 0.165. The second-order valence-corrected chi connectivity index (χ2v) is 7.14. The predicted molar refractivity (Wildman–Crippen MR) is 109 cm³/mol. The number of nitrogens with zero attached hydrogens (tertiary/aromatic N) is 3. The first-order chi connectivity index (χ1) is 13.8. The summed E-state index contributed by atoms with van der Waals surface area (Å²) in [5.74, 6) is 0.165. The molecule has 6 heteroatoms. The molecule has 2 N–H and O–H groups in total. The van der Waals surface area contributed by atoms with E-state index in [-0.39, 0.29) is 5.91 Å². The molecule has 0 aliphatic heterocycles.